The highest BCUT2D eigenvalue weighted by Gasteiger charge is 2.08. The summed E-state index contributed by atoms with van der Waals surface area (Å²) in [4.78, 5) is 0. The third-order valence-corrected chi connectivity index (χ3v) is 2.36. The van der Waals surface area contributed by atoms with E-state index in [-0.39, 0.29) is 18.4 Å². The Morgan fingerprint density at radius 3 is 2.88 bits per heavy atom. The van der Waals surface area contributed by atoms with E-state index in [2.05, 4.69) is 15.5 Å². The Labute approximate surface area is 96.4 Å². The summed E-state index contributed by atoms with van der Waals surface area (Å²) in [5.74, 6) is 0.0818. The summed E-state index contributed by atoms with van der Waals surface area (Å²) in [5, 5.41) is 10.5. The largest absolute Gasteiger partial charge is 0.408 e. The van der Waals surface area contributed by atoms with E-state index < -0.39 is 0 Å². The molecule has 2 rings (SSSR count). The average Bonchev–Trinajstić information content (AvgIpc) is 2.63. The molecule has 0 saturated heterocycles. The lowest BCUT2D eigenvalue weighted by molar-refractivity contribution is 0.529. The van der Waals surface area contributed by atoms with Crippen molar-refractivity contribution in [1.29, 1.82) is 0 Å². The Morgan fingerprint density at radius 1 is 1.44 bits per heavy atom. The minimum absolute atomic E-state index is 0.202. The molecule has 0 radical (unpaired) electrons. The van der Waals surface area contributed by atoms with Crippen LogP contribution in [-0.4, -0.2) is 10.2 Å². The summed E-state index contributed by atoms with van der Waals surface area (Å²) in [6, 6.07) is 4.78. The minimum atomic E-state index is -0.365. The second kappa shape index (κ2) is 4.49. The van der Waals surface area contributed by atoms with Crippen molar-refractivity contribution in [1.82, 2.24) is 10.2 Å². The van der Waals surface area contributed by atoms with Gasteiger partial charge in [0.1, 0.15) is 5.82 Å². The van der Waals surface area contributed by atoms with Gasteiger partial charge >= 0.3 is 6.01 Å². The van der Waals surface area contributed by atoms with Crippen molar-refractivity contribution in [3.63, 3.8) is 0 Å². The fraction of sp³-hybridized carbons (Fsp3) is 0.200. The van der Waals surface area contributed by atoms with E-state index in [0.29, 0.717) is 16.5 Å². The zero-order valence-electron chi connectivity index (χ0n) is 8.50. The first-order chi connectivity index (χ1) is 7.66. The van der Waals surface area contributed by atoms with Crippen molar-refractivity contribution >= 4 is 17.6 Å². The molecule has 0 bridgehead atoms. The molecule has 1 N–H and O–H groups in total. The molecule has 0 spiro atoms. The molecule has 0 aliphatic heterocycles. The van der Waals surface area contributed by atoms with E-state index in [1.165, 1.54) is 6.07 Å². The topological polar surface area (TPSA) is 51.0 Å². The SMILES string of the molecule is Cc1nnc(NCc2c(F)cccc2Cl)o1. The van der Waals surface area contributed by atoms with Gasteiger partial charge in [0.05, 0.1) is 0 Å². The molecular weight excluding hydrogens is 233 g/mol. The van der Waals surface area contributed by atoms with E-state index >= 15 is 0 Å². The highest BCUT2D eigenvalue weighted by molar-refractivity contribution is 6.31. The molecule has 6 heteroatoms. The Balaban J connectivity index is 2.10. The summed E-state index contributed by atoms with van der Waals surface area (Å²) in [6.45, 7) is 1.88. The molecule has 2 aromatic rings. The Hall–Kier alpha value is -1.62. The van der Waals surface area contributed by atoms with Gasteiger partial charge in [0.15, 0.2) is 0 Å². The van der Waals surface area contributed by atoms with Crippen LogP contribution in [0.15, 0.2) is 22.6 Å². The lowest BCUT2D eigenvalue weighted by atomic mass is 10.2. The van der Waals surface area contributed by atoms with Gasteiger partial charge in [0.25, 0.3) is 0 Å². The third-order valence-electron chi connectivity index (χ3n) is 2.00. The Morgan fingerprint density at radius 2 is 2.25 bits per heavy atom. The molecule has 4 nitrogen and oxygen atoms in total. The number of rotatable bonds is 3. The number of anilines is 1. The van der Waals surface area contributed by atoms with Crippen LogP contribution < -0.4 is 5.32 Å². The van der Waals surface area contributed by atoms with Gasteiger partial charge in [-0.25, -0.2) is 4.39 Å². The van der Waals surface area contributed by atoms with Gasteiger partial charge in [-0.05, 0) is 12.1 Å². The molecule has 0 amide bonds. The zero-order chi connectivity index (χ0) is 11.5. The summed E-state index contributed by atoms with van der Waals surface area (Å²) < 4.78 is 18.5. The van der Waals surface area contributed by atoms with E-state index in [1.54, 1.807) is 19.1 Å². The quantitative estimate of drug-likeness (QED) is 0.898. The van der Waals surface area contributed by atoms with Crippen LogP contribution in [0, 0.1) is 12.7 Å². The molecule has 0 aliphatic carbocycles. The van der Waals surface area contributed by atoms with E-state index in [4.69, 9.17) is 16.0 Å². The highest BCUT2D eigenvalue weighted by Crippen LogP contribution is 2.19. The maximum absolute atomic E-state index is 13.4. The van der Waals surface area contributed by atoms with Gasteiger partial charge in [0, 0.05) is 24.1 Å². The lowest BCUT2D eigenvalue weighted by Crippen LogP contribution is -2.02. The Bertz CT molecular complexity index is 480. The molecule has 16 heavy (non-hydrogen) atoms. The first-order valence-corrected chi connectivity index (χ1v) is 5.01. The lowest BCUT2D eigenvalue weighted by Gasteiger charge is -2.05. The van der Waals surface area contributed by atoms with Crippen LogP contribution in [0.2, 0.25) is 5.02 Å². The molecule has 1 aromatic heterocycles. The number of halogens is 2. The summed E-state index contributed by atoms with van der Waals surface area (Å²) in [6.07, 6.45) is 0. The maximum atomic E-state index is 13.4. The van der Waals surface area contributed by atoms with E-state index in [9.17, 15) is 4.39 Å². The van der Waals surface area contributed by atoms with Gasteiger partial charge in [0.2, 0.25) is 5.89 Å². The second-order valence-electron chi connectivity index (χ2n) is 3.18. The molecular formula is C10H9ClFN3O. The minimum Gasteiger partial charge on any atom is -0.408 e. The zero-order valence-corrected chi connectivity index (χ0v) is 9.25. The van der Waals surface area contributed by atoms with E-state index in [1.807, 2.05) is 0 Å². The van der Waals surface area contributed by atoms with Crippen molar-refractivity contribution in [2.75, 3.05) is 5.32 Å². The van der Waals surface area contributed by atoms with Crippen molar-refractivity contribution in [2.24, 2.45) is 0 Å². The van der Waals surface area contributed by atoms with E-state index in [0.717, 1.165) is 0 Å². The van der Waals surface area contributed by atoms with Crippen LogP contribution in [-0.2, 0) is 6.54 Å². The predicted octanol–water partition coefficient (Wildman–Crippen LogP) is 2.78. The van der Waals surface area contributed by atoms with Gasteiger partial charge < -0.3 is 9.73 Å². The van der Waals surface area contributed by atoms with Gasteiger partial charge in [-0.15, -0.1) is 5.10 Å². The summed E-state index contributed by atoms with van der Waals surface area (Å²) >= 11 is 5.85. The van der Waals surface area contributed by atoms with Gasteiger partial charge in [-0.2, -0.15) is 0 Å². The van der Waals surface area contributed by atoms with Crippen molar-refractivity contribution < 1.29 is 8.81 Å². The molecule has 84 valence electrons. The normalized spacial score (nSPS) is 10.4. The fourth-order valence-electron chi connectivity index (χ4n) is 1.23. The monoisotopic (exact) mass is 241 g/mol. The Kier molecular flexibility index (Phi) is 3.05. The predicted molar refractivity (Wildman–Crippen MR) is 57.8 cm³/mol. The van der Waals surface area contributed by atoms with Crippen molar-refractivity contribution in [2.45, 2.75) is 13.5 Å². The number of aryl methyl sites for hydroxylation is 1. The van der Waals surface area contributed by atoms with Crippen LogP contribution in [0.25, 0.3) is 0 Å². The number of hydrogen-bond donors (Lipinski definition) is 1. The average molecular weight is 242 g/mol. The van der Waals surface area contributed by atoms with Crippen molar-refractivity contribution in [3.8, 4) is 0 Å². The number of nitrogens with zero attached hydrogens (tertiary/aromatic N) is 2. The maximum Gasteiger partial charge on any atom is 0.315 e. The second-order valence-corrected chi connectivity index (χ2v) is 3.59. The third kappa shape index (κ3) is 2.30. The molecule has 0 fully saturated rings. The van der Waals surface area contributed by atoms with Gasteiger partial charge in [-0.1, -0.05) is 22.8 Å². The molecule has 0 unspecified atom stereocenters. The van der Waals surface area contributed by atoms with Crippen LogP contribution in [0.4, 0.5) is 10.4 Å². The first-order valence-electron chi connectivity index (χ1n) is 4.63. The summed E-state index contributed by atoms with van der Waals surface area (Å²) in [5.41, 5.74) is 0.375. The highest BCUT2D eigenvalue weighted by atomic mass is 35.5. The van der Waals surface area contributed by atoms with Crippen LogP contribution in [0.3, 0.4) is 0 Å². The molecule has 0 aliphatic rings. The molecule has 1 aromatic carbocycles. The molecule has 0 saturated carbocycles. The molecule has 1 heterocycles. The number of nitrogens with one attached hydrogen (secondary N) is 1. The first kappa shape index (κ1) is 10.9. The summed E-state index contributed by atoms with van der Waals surface area (Å²) in [7, 11) is 0. The molecule has 0 atom stereocenters. The number of hydrogen-bond acceptors (Lipinski definition) is 4. The van der Waals surface area contributed by atoms with Crippen LogP contribution in [0.5, 0.6) is 0 Å². The standard InChI is InChI=1S/C10H9ClFN3O/c1-6-14-15-10(16-6)13-5-7-8(11)3-2-4-9(7)12/h2-4H,5H2,1H3,(H,13,15). The number of benzene rings is 1. The van der Waals surface area contributed by atoms with Crippen LogP contribution >= 0.6 is 11.6 Å². The van der Waals surface area contributed by atoms with Crippen molar-refractivity contribution in [3.05, 3.63) is 40.5 Å². The van der Waals surface area contributed by atoms with Crippen LogP contribution in [0.1, 0.15) is 11.5 Å². The fourth-order valence-corrected chi connectivity index (χ4v) is 1.46. The smallest absolute Gasteiger partial charge is 0.315 e. The van der Waals surface area contributed by atoms with Gasteiger partial charge in [-0.3, -0.25) is 0 Å². The number of aromatic nitrogens is 2.